The topological polar surface area (TPSA) is 0 Å². The first-order valence-corrected chi connectivity index (χ1v) is 5.73. The van der Waals surface area contributed by atoms with Crippen molar-refractivity contribution in [2.24, 2.45) is 5.92 Å². The van der Waals surface area contributed by atoms with Gasteiger partial charge < -0.3 is 0 Å². The smallest absolute Gasteiger partial charge is 0.137 e. The zero-order chi connectivity index (χ0) is 9.71. The molecule has 0 aliphatic heterocycles. The van der Waals surface area contributed by atoms with Crippen molar-refractivity contribution in [1.29, 1.82) is 0 Å². The molecular weight excluding hydrogens is 243 g/mol. The van der Waals surface area contributed by atoms with Crippen molar-refractivity contribution in [2.75, 3.05) is 0 Å². The second-order valence-electron chi connectivity index (χ2n) is 4.06. The van der Waals surface area contributed by atoms with Gasteiger partial charge in [0.1, 0.15) is 5.82 Å². The van der Waals surface area contributed by atoms with Crippen LogP contribution in [0.2, 0.25) is 0 Å². The van der Waals surface area contributed by atoms with E-state index in [0.29, 0.717) is 4.47 Å². The van der Waals surface area contributed by atoms with Crippen LogP contribution in [0.5, 0.6) is 0 Å². The van der Waals surface area contributed by atoms with Crippen LogP contribution in [-0.2, 0) is 6.42 Å². The molecule has 72 valence electrons. The van der Waals surface area contributed by atoms with Gasteiger partial charge in [0.25, 0.3) is 0 Å². The molecule has 0 atom stereocenters. The predicted molar refractivity (Wildman–Crippen MR) is 58.5 cm³/mol. The molecule has 2 aliphatic rings. The van der Waals surface area contributed by atoms with Gasteiger partial charge in [-0.25, -0.2) is 4.39 Å². The standard InChI is InChI=1S/C12H10BrF/c13-11-6-10-8(5-12(11)14)3-4-9(10)7-1-2-7/h4-7H,1-3H2. The fourth-order valence-corrected chi connectivity index (χ4v) is 2.48. The Balaban J connectivity index is 2.10. The highest BCUT2D eigenvalue weighted by Crippen LogP contribution is 2.46. The van der Waals surface area contributed by atoms with Gasteiger partial charge in [-0.15, -0.1) is 0 Å². The lowest BCUT2D eigenvalue weighted by Crippen LogP contribution is -1.89. The Morgan fingerprint density at radius 1 is 1.29 bits per heavy atom. The highest BCUT2D eigenvalue weighted by Gasteiger charge is 2.30. The van der Waals surface area contributed by atoms with Gasteiger partial charge in [-0.2, -0.15) is 0 Å². The molecule has 1 aromatic carbocycles. The van der Waals surface area contributed by atoms with E-state index in [9.17, 15) is 4.39 Å². The van der Waals surface area contributed by atoms with Crippen LogP contribution in [0.1, 0.15) is 24.0 Å². The van der Waals surface area contributed by atoms with Crippen LogP contribution < -0.4 is 0 Å². The van der Waals surface area contributed by atoms with Crippen molar-refractivity contribution in [1.82, 2.24) is 0 Å². The number of hydrogen-bond donors (Lipinski definition) is 0. The molecule has 1 saturated carbocycles. The fraction of sp³-hybridized carbons (Fsp3) is 0.333. The summed E-state index contributed by atoms with van der Waals surface area (Å²) >= 11 is 3.24. The van der Waals surface area contributed by atoms with Crippen molar-refractivity contribution < 1.29 is 4.39 Å². The zero-order valence-corrected chi connectivity index (χ0v) is 9.27. The van der Waals surface area contributed by atoms with Gasteiger partial charge in [0.05, 0.1) is 4.47 Å². The third kappa shape index (κ3) is 1.24. The molecule has 0 amide bonds. The summed E-state index contributed by atoms with van der Waals surface area (Å²) < 4.78 is 13.8. The van der Waals surface area contributed by atoms with Crippen LogP contribution in [0.4, 0.5) is 4.39 Å². The van der Waals surface area contributed by atoms with Crippen LogP contribution in [0.3, 0.4) is 0 Å². The molecule has 0 aromatic heterocycles. The molecule has 0 nitrogen and oxygen atoms in total. The Labute approximate surface area is 91.0 Å². The SMILES string of the molecule is Fc1cc2c(cc1Br)C(C1CC1)=CC2. The molecule has 0 N–H and O–H groups in total. The molecular formula is C12H10BrF. The molecule has 0 radical (unpaired) electrons. The molecule has 14 heavy (non-hydrogen) atoms. The van der Waals surface area contributed by atoms with Gasteiger partial charge in [-0.1, -0.05) is 6.08 Å². The van der Waals surface area contributed by atoms with E-state index < -0.39 is 0 Å². The third-order valence-corrected chi connectivity index (χ3v) is 3.62. The van der Waals surface area contributed by atoms with Gasteiger partial charge in [0.2, 0.25) is 0 Å². The fourth-order valence-electron chi connectivity index (χ4n) is 2.14. The Morgan fingerprint density at radius 3 is 2.79 bits per heavy atom. The molecule has 1 fully saturated rings. The number of allylic oxidation sites excluding steroid dienone is 2. The number of halogens is 2. The molecule has 0 saturated heterocycles. The number of fused-ring (bicyclic) bond motifs is 1. The van der Waals surface area contributed by atoms with Gasteiger partial charge >= 0.3 is 0 Å². The third-order valence-electron chi connectivity index (χ3n) is 3.02. The van der Waals surface area contributed by atoms with E-state index >= 15 is 0 Å². The lowest BCUT2D eigenvalue weighted by atomic mass is 10.0. The lowest BCUT2D eigenvalue weighted by Gasteiger charge is -2.05. The summed E-state index contributed by atoms with van der Waals surface area (Å²) in [7, 11) is 0. The Kier molecular flexibility index (Phi) is 1.81. The van der Waals surface area contributed by atoms with Crippen molar-refractivity contribution >= 4 is 21.5 Å². The first-order valence-electron chi connectivity index (χ1n) is 4.94. The monoisotopic (exact) mass is 252 g/mol. The first kappa shape index (κ1) is 8.66. The molecule has 0 unspecified atom stereocenters. The normalized spacial score (nSPS) is 19.4. The Hall–Kier alpha value is -0.630. The summed E-state index contributed by atoms with van der Waals surface area (Å²) in [6.07, 6.45) is 5.78. The minimum absolute atomic E-state index is 0.144. The van der Waals surface area contributed by atoms with Crippen LogP contribution in [0.25, 0.3) is 5.57 Å². The van der Waals surface area contributed by atoms with Crippen molar-refractivity contribution in [3.63, 3.8) is 0 Å². The summed E-state index contributed by atoms with van der Waals surface area (Å²) in [5.41, 5.74) is 3.86. The van der Waals surface area contributed by atoms with Gasteiger partial charge in [0, 0.05) is 0 Å². The molecule has 0 spiro atoms. The number of hydrogen-bond acceptors (Lipinski definition) is 0. The van der Waals surface area contributed by atoms with Crippen molar-refractivity contribution in [2.45, 2.75) is 19.3 Å². The van der Waals surface area contributed by atoms with E-state index in [1.165, 1.54) is 24.0 Å². The molecule has 1 aromatic rings. The largest absolute Gasteiger partial charge is 0.206 e. The van der Waals surface area contributed by atoms with E-state index in [0.717, 1.165) is 17.9 Å². The summed E-state index contributed by atoms with van der Waals surface area (Å²) in [6.45, 7) is 0. The highest BCUT2D eigenvalue weighted by molar-refractivity contribution is 9.10. The van der Waals surface area contributed by atoms with E-state index in [1.807, 2.05) is 6.07 Å². The van der Waals surface area contributed by atoms with E-state index in [1.54, 1.807) is 6.07 Å². The molecule has 2 heteroatoms. The predicted octanol–water partition coefficient (Wildman–Crippen LogP) is 3.94. The summed E-state index contributed by atoms with van der Waals surface area (Å²) in [5.74, 6) is 0.614. The Bertz CT molecular complexity index is 430. The number of rotatable bonds is 1. The van der Waals surface area contributed by atoms with Crippen LogP contribution >= 0.6 is 15.9 Å². The minimum Gasteiger partial charge on any atom is -0.206 e. The molecule has 0 heterocycles. The maximum Gasteiger partial charge on any atom is 0.137 e. The minimum atomic E-state index is -0.144. The second kappa shape index (κ2) is 2.93. The zero-order valence-electron chi connectivity index (χ0n) is 7.69. The molecule has 0 bridgehead atoms. The average molecular weight is 253 g/mol. The van der Waals surface area contributed by atoms with E-state index in [-0.39, 0.29) is 5.82 Å². The summed E-state index contributed by atoms with van der Waals surface area (Å²) in [4.78, 5) is 0. The van der Waals surface area contributed by atoms with Gasteiger partial charge in [-0.05, 0) is 69.9 Å². The van der Waals surface area contributed by atoms with Gasteiger partial charge in [-0.3, -0.25) is 0 Å². The average Bonchev–Trinajstić information content (AvgIpc) is 2.91. The van der Waals surface area contributed by atoms with Crippen molar-refractivity contribution in [3.05, 3.63) is 39.6 Å². The highest BCUT2D eigenvalue weighted by atomic mass is 79.9. The maximum absolute atomic E-state index is 13.2. The van der Waals surface area contributed by atoms with Crippen molar-refractivity contribution in [3.8, 4) is 0 Å². The van der Waals surface area contributed by atoms with Gasteiger partial charge in [0.15, 0.2) is 0 Å². The maximum atomic E-state index is 13.2. The van der Waals surface area contributed by atoms with E-state index in [2.05, 4.69) is 22.0 Å². The van der Waals surface area contributed by atoms with Crippen LogP contribution in [0.15, 0.2) is 22.7 Å². The first-order chi connectivity index (χ1) is 6.75. The van der Waals surface area contributed by atoms with Crippen LogP contribution in [-0.4, -0.2) is 0 Å². The quantitative estimate of drug-likeness (QED) is 0.711. The van der Waals surface area contributed by atoms with Crippen LogP contribution in [0, 0.1) is 11.7 Å². The van der Waals surface area contributed by atoms with E-state index in [4.69, 9.17) is 0 Å². The summed E-state index contributed by atoms with van der Waals surface area (Å²) in [6, 6.07) is 3.59. The summed E-state index contributed by atoms with van der Waals surface area (Å²) in [5, 5.41) is 0. The Morgan fingerprint density at radius 2 is 2.07 bits per heavy atom. The number of benzene rings is 1. The molecule has 2 aliphatic carbocycles. The molecule has 3 rings (SSSR count). The second-order valence-corrected chi connectivity index (χ2v) is 4.92. The lowest BCUT2D eigenvalue weighted by molar-refractivity contribution is 0.619.